The van der Waals surface area contributed by atoms with Crippen LogP contribution in [0.15, 0.2) is 40.4 Å². The van der Waals surface area contributed by atoms with Crippen LogP contribution in [-0.4, -0.2) is 25.8 Å². The fraction of sp³-hybridized carbons (Fsp3) is 0.273. The Bertz CT molecular complexity index is 1200. The number of aryl methyl sites for hydroxylation is 3. The van der Waals surface area contributed by atoms with E-state index in [2.05, 4.69) is 20.6 Å². The van der Waals surface area contributed by atoms with E-state index in [1.54, 1.807) is 24.4 Å². The first-order valence-corrected chi connectivity index (χ1v) is 10.8. The number of thiazole rings is 1. The van der Waals surface area contributed by atoms with Crippen LogP contribution in [0.25, 0.3) is 11.3 Å². The summed E-state index contributed by atoms with van der Waals surface area (Å²) in [5.74, 6) is 0.907. The van der Waals surface area contributed by atoms with Crippen molar-refractivity contribution in [2.75, 3.05) is 5.32 Å². The van der Waals surface area contributed by atoms with Gasteiger partial charge in [0.15, 0.2) is 5.13 Å². The monoisotopic (exact) mass is 437 g/mol. The molecule has 0 aliphatic heterocycles. The van der Waals surface area contributed by atoms with Crippen LogP contribution in [0.3, 0.4) is 0 Å². The minimum absolute atomic E-state index is 0.271. The first kappa shape index (κ1) is 20.8. The number of rotatable bonds is 7. The molecule has 1 amide bonds. The SMILES string of the molecule is CCn1ncc(-c2csc(NC(=O)c3ccccc3OCc3c(C)noc3C)n2)c1C. The van der Waals surface area contributed by atoms with Crippen LogP contribution in [0.1, 0.15) is 40.0 Å². The second-order valence-corrected chi connectivity index (χ2v) is 7.90. The van der Waals surface area contributed by atoms with Crippen LogP contribution in [-0.2, 0) is 13.2 Å². The van der Waals surface area contributed by atoms with E-state index >= 15 is 0 Å². The highest BCUT2D eigenvalue weighted by Crippen LogP contribution is 2.28. The van der Waals surface area contributed by atoms with E-state index in [4.69, 9.17) is 9.26 Å². The van der Waals surface area contributed by atoms with Crippen molar-refractivity contribution >= 4 is 22.4 Å². The topological polar surface area (TPSA) is 95.1 Å². The number of benzene rings is 1. The van der Waals surface area contributed by atoms with Crippen LogP contribution in [0.4, 0.5) is 5.13 Å². The van der Waals surface area contributed by atoms with Crippen LogP contribution in [0.5, 0.6) is 5.75 Å². The molecule has 8 nitrogen and oxygen atoms in total. The third-order valence-corrected chi connectivity index (χ3v) is 5.85. The summed E-state index contributed by atoms with van der Waals surface area (Å²) in [5.41, 5.74) is 4.88. The van der Waals surface area contributed by atoms with Crippen molar-refractivity contribution in [3.8, 4) is 17.0 Å². The smallest absolute Gasteiger partial charge is 0.261 e. The number of nitrogens with zero attached hydrogens (tertiary/aromatic N) is 4. The van der Waals surface area contributed by atoms with Crippen molar-refractivity contribution < 1.29 is 14.1 Å². The molecule has 3 aromatic heterocycles. The molecule has 3 heterocycles. The zero-order valence-corrected chi connectivity index (χ0v) is 18.6. The fourth-order valence-electron chi connectivity index (χ4n) is 3.27. The molecule has 9 heteroatoms. The summed E-state index contributed by atoms with van der Waals surface area (Å²) in [6, 6.07) is 7.12. The normalized spacial score (nSPS) is 11.0. The van der Waals surface area contributed by atoms with Crippen molar-refractivity contribution in [2.24, 2.45) is 0 Å². The first-order valence-electron chi connectivity index (χ1n) is 9.91. The molecular formula is C22H23N5O3S. The van der Waals surface area contributed by atoms with E-state index in [9.17, 15) is 4.79 Å². The molecule has 1 aromatic carbocycles. The number of amides is 1. The van der Waals surface area contributed by atoms with Crippen molar-refractivity contribution in [1.29, 1.82) is 0 Å². The van der Waals surface area contributed by atoms with Crippen molar-refractivity contribution in [3.63, 3.8) is 0 Å². The Labute approximate surface area is 183 Å². The van der Waals surface area contributed by atoms with Gasteiger partial charge in [0, 0.05) is 23.2 Å². The Hall–Kier alpha value is -3.46. The van der Waals surface area contributed by atoms with Gasteiger partial charge in [-0.15, -0.1) is 11.3 Å². The maximum absolute atomic E-state index is 12.9. The molecule has 0 saturated carbocycles. The average Bonchev–Trinajstić information content (AvgIpc) is 3.46. The van der Waals surface area contributed by atoms with Gasteiger partial charge in [-0.2, -0.15) is 5.10 Å². The lowest BCUT2D eigenvalue weighted by Gasteiger charge is -2.10. The van der Waals surface area contributed by atoms with Gasteiger partial charge in [0.2, 0.25) is 0 Å². The molecule has 0 bridgehead atoms. The Morgan fingerprint density at radius 1 is 1.26 bits per heavy atom. The Balaban J connectivity index is 1.49. The molecule has 0 spiro atoms. The molecule has 4 rings (SSSR count). The molecule has 0 radical (unpaired) electrons. The molecule has 160 valence electrons. The number of hydrogen-bond acceptors (Lipinski definition) is 7. The second kappa shape index (κ2) is 8.73. The lowest BCUT2D eigenvalue weighted by atomic mass is 10.2. The number of anilines is 1. The summed E-state index contributed by atoms with van der Waals surface area (Å²) < 4.78 is 13.0. The molecule has 0 aliphatic carbocycles. The van der Waals surface area contributed by atoms with E-state index < -0.39 is 0 Å². The molecule has 0 atom stereocenters. The second-order valence-electron chi connectivity index (χ2n) is 7.04. The quantitative estimate of drug-likeness (QED) is 0.447. The lowest BCUT2D eigenvalue weighted by molar-refractivity contribution is 0.102. The molecule has 0 saturated heterocycles. The van der Waals surface area contributed by atoms with Gasteiger partial charge in [0.05, 0.1) is 28.7 Å². The fourth-order valence-corrected chi connectivity index (χ4v) is 3.98. The van der Waals surface area contributed by atoms with Gasteiger partial charge in [0.25, 0.3) is 5.91 Å². The van der Waals surface area contributed by atoms with E-state index in [-0.39, 0.29) is 12.5 Å². The summed E-state index contributed by atoms with van der Waals surface area (Å²) in [6.45, 7) is 8.82. The highest BCUT2D eigenvalue weighted by Gasteiger charge is 2.17. The van der Waals surface area contributed by atoms with Gasteiger partial charge < -0.3 is 9.26 Å². The summed E-state index contributed by atoms with van der Waals surface area (Å²) >= 11 is 1.37. The number of carbonyl (C=O) groups excluding carboxylic acids is 1. The standard InChI is InChI=1S/C22H23N5O3S/c1-5-27-14(3)17(10-23-27)19-12-31-22(24-19)25-21(28)16-8-6-7-9-20(16)29-11-18-13(2)26-30-15(18)4/h6-10,12H,5,11H2,1-4H3,(H,24,25,28). The minimum Gasteiger partial charge on any atom is -0.488 e. The Kier molecular flexibility index (Phi) is 5.85. The lowest BCUT2D eigenvalue weighted by Crippen LogP contribution is -2.13. The van der Waals surface area contributed by atoms with E-state index in [1.807, 2.05) is 43.8 Å². The molecular weight excluding hydrogens is 414 g/mol. The number of aromatic nitrogens is 4. The maximum atomic E-state index is 12.9. The summed E-state index contributed by atoms with van der Waals surface area (Å²) in [4.78, 5) is 17.5. The third kappa shape index (κ3) is 4.22. The average molecular weight is 438 g/mol. The Morgan fingerprint density at radius 3 is 2.77 bits per heavy atom. The van der Waals surface area contributed by atoms with Gasteiger partial charge in [-0.3, -0.25) is 14.8 Å². The van der Waals surface area contributed by atoms with Gasteiger partial charge in [-0.1, -0.05) is 17.3 Å². The number of carbonyl (C=O) groups is 1. The highest BCUT2D eigenvalue weighted by atomic mass is 32.1. The number of hydrogen-bond donors (Lipinski definition) is 1. The molecule has 0 aliphatic rings. The largest absolute Gasteiger partial charge is 0.488 e. The number of nitrogens with one attached hydrogen (secondary N) is 1. The zero-order chi connectivity index (χ0) is 22.0. The van der Waals surface area contributed by atoms with Crippen LogP contribution in [0.2, 0.25) is 0 Å². The van der Waals surface area contributed by atoms with Crippen molar-refractivity contribution in [2.45, 2.75) is 40.8 Å². The number of ether oxygens (including phenoxy) is 1. The molecule has 31 heavy (non-hydrogen) atoms. The third-order valence-electron chi connectivity index (χ3n) is 5.09. The Morgan fingerprint density at radius 2 is 2.06 bits per heavy atom. The van der Waals surface area contributed by atoms with E-state index in [0.717, 1.165) is 34.8 Å². The maximum Gasteiger partial charge on any atom is 0.261 e. The van der Waals surface area contributed by atoms with Crippen LogP contribution >= 0.6 is 11.3 Å². The highest BCUT2D eigenvalue weighted by molar-refractivity contribution is 7.14. The molecule has 4 aromatic rings. The van der Waals surface area contributed by atoms with E-state index in [1.165, 1.54) is 11.3 Å². The van der Waals surface area contributed by atoms with Gasteiger partial charge in [-0.05, 0) is 39.8 Å². The predicted octanol–water partition coefficient (Wildman–Crippen LogP) is 4.77. The number of para-hydroxylation sites is 1. The van der Waals surface area contributed by atoms with Gasteiger partial charge in [-0.25, -0.2) is 4.98 Å². The van der Waals surface area contributed by atoms with Gasteiger partial charge >= 0.3 is 0 Å². The first-order chi connectivity index (χ1) is 15.0. The van der Waals surface area contributed by atoms with E-state index in [0.29, 0.717) is 22.2 Å². The van der Waals surface area contributed by atoms with Crippen LogP contribution in [0, 0.1) is 20.8 Å². The molecule has 0 fully saturated rings. The summed E-state index contributed by atoms with van der Waals surface area (Å²) in [6.07, 6.45) is 1.80. The summed E-state index contributed by atoms with van der Waals surface area (Å²) in [7, 11) is 0. The van der Waals surface area contributed by atoms with Crippen LogP contribution < -0.4 is 10.1 Å². The zero-order valence-electron chi connectivity index (χ0n) is 17.8. The predicted molar refractivity (Wildman–Crippen MR) is 118 cm³/mol. The molecule has 1 N–H and O–H groups in total. The summed E-state index contributed by atoms with van der Waals surface area (Å²) in [5, 5.41) is 13.6. The van der Waals surface area contributed by atoms with Crippen molar-refractivity contribution in [3.05, 3.63) is 64.1 Å². The molecule has 0 unspecified atom stereocenters. The van der Waals surface area contributed by atoms with Gasteiger partial charge in [0.1, 0.15) is 18.1 Å². The van der Waals surface area contributed by atoms with Crippen molar-refractivity contribution in [1.82, 2.24) is 19.9 Å². The minimum atomic E-state index is -0.281.